The van der Waals surface area contributed by atoms with Gasteiger partial charge in [-0.1, -0.05) is 6.92 Å². The highest BCUT2D eigenvalue weighted by Gasteiger charge is 2.33. The average Bonchev–Trinajstić information content (AvgIpc) is 2.88. The molecule has 0 aromatic carbocycles. The van der Waals surface area contributed by atoms with Crippen LogP contribution in [0.2, 0.25) is 0 Å². The maximum atomic E-state index is 12.6. The lowest BCUT2D eigenvalue weighted by Gasteiger charge is -2.25. The van der Waals surface area contributed by atoms with Crippen LogP contribution < -0.4 is 17.0 Å². The number of likely N-dealkylation sites (N-methyl/N-ethyl adjacent to an activating group) is 1. The molecule has 0 unspecified atom stereocenters. The first-order chi connectivity index (χ1) is 11.1. The number of hydrogen-bond donors (Lipinski definition) is 1. The van der Waals surface area contributed by atoms with Crippen LogP contribution in [-0.2, 0) is 23.9 Å². The summed E-state index contributed by atoms with van der Waals surface area (Å²) in [7, 11) is -0.412. The zero-order chi connectivity index (χ0) is 18.2. The van der Waals surface area contributed by atoms with Crippen LogP contribution >= 0.6 is 0 Å². The summed E-state index contributed by atoms with van der Waals surface area (Å²) < 4.78 is 25.1. The van der Waals surface area contributed by atoms with Crippen molar-refractivity contribution in [2.75, 3.05) is 30.3 Å². The number of ketones is 1. The Bertz CT molecular complexity index is 884. The topological polar surface area (TPSA) is 124 Å². The summed E-state index contributed by atoms with van der Waals surface area (Å²) in [5.74, 6) is -0.584. The quantitative estimate of drug-likeness (QED) is 0.626. The standard InChI is InChI=1S/C14H22N4O5S/c1-4-18(9-5-6-24(22,23)8-9)7-10(19)11-12(15)16(2)14(21)17(3)13(11)20/h9H,4-8,15H2,1-3H3/t9-/m1/s1. The Morgan fingerprint density at radius 2 is 1.92 bits per heavy atom. The Morgan fingerprint density at radius 1 is 1.29 bits per heavy atom. The lowest BCUT2D eigenvalue weighted by Crippen LogP contribution is -2.45. The zero-order valence-electron chi connectivity index (χ0n) is 14.0. The van der Waals surface area contributed by atoms with Gasteiger partial charge in [0.25, 0.3) is 5.56 Å². The minimum Gasteiger partial charge on any atom is -0.384 e. The molecule has 0 amide bonds. The number of anilines is 1. The molecule has 0 aliphatic carbocycles. The van der Waals surface area contributed by atoms with Crippen LogP contribution in [0.15, 0.2) is 9.59 Å². The van der Waals surface area contributed by atoms with E-state index in [0.717, 1.165) is 9.13 Å². The van der Waals surface area contributed by atoms with Gasteiger partial charge in [0.1, 0.15) is 11.4 Å². The third-order valence-corrected chi connectivity index (χ3v) is 6.22. The fourth-order valence-electron chi connectivity index (χ4n) is 2.95. The van der Waals surface area contributed by atoms with Crippen LogP contribution in [0.25, 0.3) is 0 Å². The first-order valence-corrected chi connectivity index (χ1v) is 9.44. The van der Waals surface area contributed by atoms with Crippen molar-refractivity contribution in [3.05, 3.63) is 26.4 Å². The van der Waals surface area contributed by atoms with Crippen LogP contribution in [0.5, 0.6) is 0 Å². The number of carbonyl (C=O) groups is 1. The van der Waals surface area contributed by atoms with E-state index in [9.17, 15) is 22.8 Å². The number of nitrogens with zero attached hydrogens (tertiary/aromatic N) is 3. The highest BCUT2D eigenvalue weighted by Crippen LogP contribution is 2.18. The van der Waals surface area contributed by atoms with E-state index in [1.807, 2.05) is 6.92 Å². The molecule has 10 heteroatoms. The number of nitrogen functional groups attached to an aromatic ring is 1. The van der Waals surface area contributed by atoms with Gasteiger partial charge in [-0.25, -0.2) is 13.2 Å². The molecule has 0 radical (unpaired) electrons. The molecule has 2 N–H and O–H groups in total. The second-order valence-corrected chi connectivity index (χ2v) is 8.24. The van der Waals surface area contributed by atoms with E-state index in [2.05, 4.69) is 0 Å². The van der Waals surface area contributed by atoms with E-state index in [-0.39, 0.29) is 35.5 Å². The Morgan fingerprint density at radius 3 is 2.42 bits per heavy atom. The van der Waals surface area contributed by atoms with Crippen LogP contribution in [0, 0.1) is 0 Å². The molecule has 1 saturated heterocycles. The molecule has 134 valence electrons. The lowest BCUT2D eigenvalue weighted by molar-refractivity contribution is 0.0905. The summed E-state index contributed by atoms with van der Waals surface area (Å²) in [5.41, 5.74) is 4.20. The Hall–Kier alpha value is -1.94. The number of hydrogen-bond acceptors (Lipinski definition) is 7. The molecular formula is C14H22N4O5S. The monoisotopic (exact) mass is 358 g/mol. The molecule has 9 nitrogen and oxygen atoms in total. The fraction of sp³-hybridized carbons (Fsp3) is 0.643. The van der Waals surface area contributed by atoms with Gasteiger partial charge >= 0.3 is 5.69 Å². The summed E-state index contributed by atoms with van der Waals surface area (Å²) in [4.78, 5) is 38.4. The second-order valence-electron chi connectivity index (χ2n) is 6.01. The van der Waals surface area contributed by atoms with Crippen molar-refractivity contribution >= 4 is 21.4 Å². The molecule has 1 aromatic heterocycles. The van der Waals surface area contributed by atoms with E-state index >= 15 is 0 Å². The van der Waals surface area contributed by atoms with Crippen molar-refractivity contribution in [2.24, 2.45) is 14.1 Å². The van der Waals surface area contributed by atoms with E-state index in [1.54, 1.807) is 4.90 Å². The van der Waals surface area contributed by atoms with E-state index in [0.29, 0.717) is 13.0 Å². The molecule has 1 aromatic rings. The van der Waals surface area contributed by atoms with Crippen molar-refractivity contribution in [3.8, 4) is 0 Å². The molecule has 1 aliphatic rings. The molecule has 1 aliphatic heterocycles. The van der Waals surface area contributed by atoms with E-state index in [4.69, 9.17) is 5.73 Å². The number of rotatable bonds is 5. The minimum absolute atomic E-state index is 0.00882. The minimum atomic E-state index is -3.08. The molecule has 0 bridgehead atoms. The predicted octanol–water partition coefficient (Wildman–Crippen LogP) is -1.64. The lowest BCUT2D eigenvalue weighted by atomic mass is 10.1. The van der Waals surface area contributed by atoms with Gasteiger partial charge in [-0.15, -0.1) is 0 Å². The van der Waals surface area contributed by atoms with Gasteiger partial charge in [-0.3, -0.25) is 23.6 Å². The number of nitrogens with two attached hydrogens (primary N) is 1. The van der Waals surface area contributed by atoms with Crippen LogP contribution in [0.4, 0.5) is 5.82 Å². The van der Waals surface area contributed by atoms with E-state index < -0.39 is 26.9 Å². The van der Waals surface area contributed by atoms with E-state index in [1.165, 1.54) is 14.1 Å². The van der Waals surface area contributed by atoms with Crippen molar-refractivity contribution in [3.63, 3.8) is 0 Å². The maximum Gasteiger partial charge on any atom is 0.332 e. The van der Waals surface area contributed by atoms with Gasteiger partial charge in [0.15, 0.2) is 15.6 Å². The van der Waals surface area contributed by atoms with Crippen LogP contribution in [0.1, 0.15) is 23.7 Å². The number of aromatic nitrogens is 2. The van der Waals surface area contributed by atoms with Gasteiger partial charge in [0, 0.05) is 20.1 Å². The first-order valence-electron chi connectivity index (χ1n) is 7.62. The Balaban J connectivity index is 2.33. The summed E-state index contributed by atoms with van der Waals surface area (Å²) in [5, 5.41) is 0. The SMILES string of the molecule is CCN(CC(=O)c1c(N)n(C)c(=O)n(C)c1=O)[C@@H]1CCS(=O)(=O)C1. The molecule has 0 spiro atoms. The van der Waals surface area contributed by atoms with Gasteiger partial charge in [-0.2, -0.15) is 0 Å². The molecule has 2 rings (SSSR count). The van der Waals surface area contributed by atoms with Gasteiger partial charge in [0.2, 0.25) is 0 Å². The summed E-state index contributed by atoms with van der Waals surface area (Å²) in [6.45, 7) is 2.17. The first kappa shape index (κ1) is 18.4. The van der Waals surface area contributed by atoms with Crippen molar-refractivity contribution in [2.45, 2.75) is 19.4 Å². The molecule has 1 fully saturated rings. The van der Waals surface area contributed by atoms with Crippen molar-refractivity contribution < 1.29 is 13.2 Å². The number of carbonyl (C=O) groups excluding carboxylic acids is 1. The van der Waals surface area contributed by atoms with Gasteiger partial charge < -0.3 is 5.73 Å². The number of Topliss-reactive ketones (excluding diaryl/α,β-unsaturated/α-hetero) is 1. The Kier molecular flexibility index (Phi) is 5.00. The molecule has 24 heavy (non-hydrogen) atoms. The van der Waals surface area contributed by atoms with Crippen LogP contribution in [0.3, 0.4) is 0 Å². The second kappa shape index (κ2) is 6.52. The highest BCUT2D eigenvalue weighted by molar-refractivity contribution is 7.91. The predicted molar refractivity (Wildman–Crippen MR) is 90.0 cm³/mol. The Labute approximate surface area is 139 Å². The maximum absolute atomic E-state index is 12.6. The third-order valence-electron chi connectivity index (χ3n) is 4.47. The summed E-state index contributed by atoms with van der Waals surface area (Å²) in [6.07, 6.45) is 0.463. The molecular weight excluding hydrogens is 336 g/mol. The molecule has 2 heterocycles. The molecule has 0 saturated carbocycles. The smallest absolute Gasteiger partial charge is 0.332 e. The summed E-state index contributed by atoms with van der Waals surface area (Å²) in [6, 6.07) is -0.249. The highest BCUT2D eigenvalue weighted by atomic mass is 32.2. The fourth-order valence-corrected chi connectivity index (χ4v) is 4.71. The van der Waals surface area contributed by atoms with Crippen molar-refractivity contribution in [1.29, 1.82) is 0 Å². The normalized spacial score (nSPS) is 19.8. The van der Waals surface area contributed by atoms with Gasteiger partial charge in [0.05, 0.1) is 18.1 Å². The number of sulfone groups is 1. The third kappa shape index (κ3) is 3.29. The largest absolute Gasteiger partial charge is 0.384 e. The average molecular weight is 358 g/mol. The molecule has 1 atom stereocenters. The van der Waals surface area contributed by atoms with Crippen LogP contribution in [-0.4, -0.2) is 58.9 Å². The zero-order valence-corrected chi connectivity index (χ0v) is 14.8. The van der Waals surface area contributed by atoms with Crippen molar-refractivity contribution in [1.82, 2.24) is 14.0 Å². The summed E-state index contributed by atoms with van der Waals surface area (Å²) >= 11 is 0. The van der Waals surface area contributed by atoms with Gasteiger partial charge in [-0.05, 0) is 13.0 Å².